The monoisotopic (exact) mass is 507 g/mol. The van der Waals surface area contributed by atoms with E-state index in [2.05, 4.69) is 25.6 Å². The van der Waals surface area contributed by atoms with Crippen LogP contribution in [0.3, 0.4) is 0 Å². The fourth-order valence-corrected chi connectivity index (χ4v) is 2.84. The van der Waals surface area contributed by atoms with Gasteiger partial charge in [0, 0.05) is 45.5 Å². The fraction of sp³-hybridized carbons (Fsp3) is 0.722. The van der Waals surface area contributed by atoms with Gasteiger partial charge in [-0.3, -0.25) is 9.67 Å². The molecule has 1 aliphatic rings. The van der Waals surface area contributed by atoms with E-state index in [-0.39, 0.29) is 42.2 Å². The van der Waals surface area contributed by atoms with Crippen LogP contribution < -0.4 is 10.6 Å². The smallest absolute Gasteiger partial charge is 0.410 e. The van der Waals surface area contributed by atoms with Crippen LogP contribution in [-0.4, -0.2) is 84.1 Å². The highest BCUT2D eigenvalue weighted by molar-refractivity contribution is 14.0. The molecule has 160 valence electrons. The van der Waals surface area contributed by atoms with Crippen LogP contribution in [0, 0.1) is 0 Å². The first-order valence-electron chi connectivity index (χ1n) is 9.19. The largest absolute Gasteiger partial charge is 0.444 e. The van der Waals surface area contributed by atoms with Crippen molar-refractivity contribution in [1.82, 2.24) is 30.2 Å². The Morgan fingerprint density at radius 1 is 1.43 bits per heavy atom. The molecule has 1 atom stereocenters. The number of aliphatic imine (C=N–C) groups is 1. The molecule has 1 aromatic rings. The number of ether oxygens (including phenoxy) is 1. The zero-order valence-corrected chi connectivity index (χ0v) is 20.2. The second-order valence-corrected chi connectivity index (χ2v) is 8.11. The molecular formula is C18H34IN7O2. The van der Waals surface area contributed by atoms with E-state index < -0.39 is 5.60 Å². The van der Waals surface area contributed by atoms with Gasteiger partial charge in [0.2, 0.25) is 0 Å². The number of rotatable bonds is 5. The number of aromatic nitrogens is 2. The Balaban J connectivity index is 0.00000392. The molecule has 0 aromatic carbocycles. The number of hydrogen-bond acceptors (Lipinski definition) is 5. The molecule has 0 radical (unpaired) electrons. The minimum Gasteiger partial charge on any atom is -0.444 e. The van der Waals surface area contributed by atoms with Crippen LogP contribution in [-0.2, 0) is 11.8 Å². The number of likely N-dealkylation sites (tertiary alicyclic amines) is 1. The molecule has 10 heteroatoms. The third-order valence-electron chi connectivity index (χ3n) is 4.29. The van der Waals surface area contributed by atoms with Gasteiger partial charge in [0.25, 0.3) is 0 Å². The summed E-state index contributed by atoms with van der Waals surface area (Å²) in [5.41, 5.74) is 0.672. The van der Waals surface area contributed by atoms with Crippen molar-refractivity contribution in [3.63, 3.8) is 0 Å². The average Bonchev–Trinajstić information content (AvgIpc) is 2.92. The first kappa shape index (κ1) is 24.5. The van der Waals surface area contributed by atoms with E-state index >= 15 is 0 Å². The van der Waals surface area contributed by atoms with Gasteiger partial charge in [-0.1, -0.05) is 0 Å². The number of halogens is 1. The van der Waals surface area contributed by atoms with Crippen molar-refractivity contribution in [2.45, 2.75) is 38.5 Å². The Bertz CT molecular complexity index is 663. The normalized spacial score (nSPS) is 16.3. The molecule has 1 aliphatic heterocycles. The van der Waals surface area contributed by atoms with Gasteiger partial charge in [-0.15, -0.1) is 24.0 Å². The summed E-state index contributed by atoms with van der Waals surface area (Å²) in [4.78, 5) is 20.1. The molecule has 0 aliphatic carbocycles. The highest BCUT2D eigenvalue weighted by atomic mass is 127. The minimum absolute atomic E-state index is 0. The lowest BCUT2D eigenvalue weighted by Gasteiger charge is -2.40. The average molecular weight is 507 g/mol. The van der Waals surface area contributed by atoms with Crippen molar-refractivity contribution in [3.05, 3.63) is 18.0 Å². The van der Waals surface area contributed by atoms with Gasteiger partial charge >= 0.3 is 6.09 Å². The van der Waals surface area contributed by atoms with Crippen molar-refractivity contribution in [1.29, 1.82) is 0 Å². The van der Waals surface area contributed by atoms with Crippen LogP contribution in [0.4, 0.5) is 4.79 Å². The van der Waals surface area contributed by atoms with E-state index in [4.69, 9.17) is 4.74 Å². The Morgan fingerprint density at radius 2 is 2.07 bits per heavy atom. The number of nitrogens with one attached hydrogen (secondary N) is 2. The lowest BCUT2D eigenvalue weighted by atomic mass is 10.1. The Hall–Kier alpha value is -1.56. The standard InChI is InChI=1S/C18H33N7O2.HI/c1-18(2,3)27-17(26)25-11-14(12-25)22-16(19-4)20-9-15(23(5)6)13-8-21-24(7)10-13;/h8,10,14-15H,9,11-12H2,1-7H3,(H2,19,20,22);1H. The Labute approximate surface area is 184 Å². The summed E-state index contributed by atoms with van der Waals surface area (Å²) >= 11 is 0. The van der Waals surface area contributed by atoms with E-state index in [0.29, 0.717) is 19.6 Å². The maximum absolute atomic E-state index is 12.0. The fourth-order valence-electron chi connectivity index (χ4n) is 2.84. The summed E-state index contributed by atoms with van der Waals surface area (Å²) in [5, 5.41) is 11.0. The number of guanidine groups is 1. The van der Waals surface area contributed by atoms with Crippen LogP contribution in [0.5, 0.6) is 0 Å². The van der Waals surface area contributed by atoms with Crippen molar-refractivity contribution >= 4 is 36.0 Å². The van der Waals surface area contributed by atoms with Gasteiger partial charge in [-0.25, -0.2) is 4.79 Å². The molecule has 0 spiro atoms. The van der Waals surface area contributed by atoms with E-state index in [9.17, 15) is 4.79 Å². The molecule has 9 nitrogen and oxygen atoms in total. The third kappa shape index (κ3) is 7.12. The molecule has 2 rings (SSSR count). The van der Waals surface area contributed by atoms with Gasteiger partial charge in [-0.05, 0) is 34.9 Å². The van der Waals surface area contributed by atoms with Crippen molar-refractivity contribution in [2.24, 2.45) is 12.0 Å². The van der Waals surface area contributed by atoms with Crippen LogP contribution in [0.1, 0.15) is 32.4 Å². The lowest BCUT2D eigenvalue weighted by Crippen LogP contribution is -2.63. The van der Waals surface area contributed by atoms with E-state index in [1.807, 2.05) is 54.3 Å². The van der Waals surface area contributed by atoms with Crippen LogP contribution in [0.2, 0.25) is 0 Å². The Kier molecular flexibility index (Phi) is 8.99. The maximum Gasteiger partial charge on any atom is 0.410 e. The van der Waals surface area contributed by atoms with Crippen molar-refractivity contribution in [3.8, 4) is 0 Å². The number of carbonyl (C=O) groups excluding carboxylic acids is 1. The highest BCUT2D eigenvalue weighted by Crippen LogP contribution is 2.17. The summed E-state index contributed by atoms with van der Waals surface area (Å²) in [6.45, 7) is 7.52. The summed E-state index contributed by atoms with van der Waals surface area (Å²) in [7, 11) is 7.74. The SMILES string of the molecule is CN=C(NCC(c1cnn(C)c1)N(C)C)NC1CN(C(=O)OC(C)(C)C)C1.I. The molecule has 1 fully saturated rings. The van der Waals surface area contributed by atoms with Gasteiger partial charge in [0.05, 0.1) is 18.3 Å². The van der Waals surface area contributed by atoms with Crippen LogP contribution >= 0.6 is 24.0 Å². The molecule has 0 bridgehead atoms. The number of carbonyl (C=O) groups is 1. The number of likely N-dealkylation sites (N-methyl/N-ethyl adjacent to an activating group) is 1. The topological polar surface area (TPSA) is 87.0 Å². The van der Waals surface area contributed by atoms with Crippen LogP contribution in [0.15, 0.2) is 17.4 Å². The van der Waals surface area contributed by atoms with Crippen LogP contribution in [0.25, 0.3) is 0 Å². The molecule has 28 heavy (non-hydrogen) atoms. The predicted octanol–water partition coefficient (Wildman–Crippen LogP) is 1.43. The molecule has 2 heterocycles. The number of hydrogen-bond donors (Lipinski definition) is 2. The summed E-state index contributed by atoms with van der Waals surface area (Å²) in [6, 6.07) is 0.344. The van der Waals surface area contributed by atoms with Crippen molar-refractivity contribution in [2.75, 3.05) is 40.8 Å². The van der Waals surface area contributed by atoms with E-state index in [1.165, 1.54) is 0 Å². The van der Waals surface area contributed by atoms with Crippen molar-refractivity contribution < 1.29 is 9.53 Å². The second kappa shape index (κ2) is 10.3. The van der Waals surface area contributed by atoms with Gasteiger partial charge in [-0.2, -0.15) is 5.10 Å². The molecule has 1 amide bonds. The molecule has 1 aromatic heterocycles. The molecule has 1 unspecified atom stereocenters. The van der Waals surface area contributed by atoms with E-state index in [0.717, 1.165) is 11.5 Å². The molecule has 1 saturated heterocycles. The predicted molar refractivity (Wildman–Crippen MR) is 121 cm³/mol. The minimum atomic E-state index is -0.472. The first-order valence-corrected chi connectivity index (χ1v) is 9.19. The number of aryl methyl sites for hydroxylation is 1. The molecule has 2 N–H and O–H groups in total. The van der Waals surface area contributed by atoms with E-state index in [1.54, 1.807) is 16.6 Å². The molecular weight excluding hydrogens is 473 g/mol. The molecule has 0 saturated carbocycles. The number of nitrogens with zero attached hydrogens (tertiary/aromatic N) is 5. The summed E-state index contributed by atoms with van der Waals surface area (Å²) < 4.78 is 7.18. The van der Waals surface area contributed by atoms with Gasteiger partial charge < -0.3 is 25.2 Å². The maximum atomic E-state index is 12.0. The Morgan fingerprint density at radius 3 is 2.54 bits per heavy atom. The summed E-state index contributed by atoms with van der Waals surface area (Å²) in [6.07, 6.45) is 3.63. The zero-order valence-electron chi connectivity index (χ0n) is 17.9. The highest BCUT2D eigenvalue weighted by Gasteiger charge is 2.34. The lowest BCUT2D eigenvalue weighted by molar-refractivity contribution is 0.00700. The number of amides is 1. The zero-order chi connectivity index (χ0) is 20.2. The quantitative estimate of drug-likeness (QED) is 0.356. The van der Waals surface area contributed by atoms with Gasteiger partial charge in [0.15, 0.2) is 5.96 Å². The third-order valence-corrected chi connectivity index (χ3v) is 4.29. The second-order valence-electron chi connectivity index (χ2n) is 8.11. The first-order chi connectivity index (χ1) is 12.6. The summed E-state index contributed by atoms with van der Waals surface area (Å²) in [5.74, 6) is 0.722. The van der Waals surface area contributed by atoms with Gasteiger partial charge in [0.1, 0.15) is 5.60 Å².